The highest BCUT2D eigenvalue weighted by molar-refractivity contribution is 7.98. The van der Waals surface area contributed by atoms with Crippen LogP contribution < -0.4 is 0 Å². The number of H-pyrrole nitrogens is 1. The van der Waals surface area contributed by atoms with Gasteiger partial charge in [-0.3, -0.25) is 5.10 Å². The van der Waals surface area contributed by atoms with Gasteiger partial charge in [-0.05, 0) is 12.1 Å². The molecule has 0 atom stereocenters. The third-order valence-electron chi connectivity index (χ3n) is 3.50. The Balaban J connectivity index is 1.43. The first kappa shape index (κ1) is 15.9. The van der Waals surface area contributed by atoms with Crippen molar-refractivity contribution in [2.24, 2.45) is 0 Å². The van der Waals surface area contributed by atoms with Crippen molar-refractivity contribution in [3.8, 4) is 22.7 Å². The molecule has 5 nitrogen and oxygen atoms in total. The average molecular weight is 369 g/mol. The fraction of sp³-hybridized carbons (Fsp3) is 0.0556. The fourth-order valence-electron chi connectivity index (χ4n) is 2.31. The molecule has 4 rings (SSSR count). The molecule has 0 bridgehead atoms. The number of nitrogens with one attached hydrogen (secondary N) is 1. The van der Waals surface area contributed by atoms with E-state index in [-0.39, 0.29) is 0 Å². The van der Waals surface area contributed by atoms with Crippen molar-refractivity contribution in [3.05, 3.63) is 71.7 Å². The molecule has 25 heavy (non-hydrogen) atoms. The minimum Gasteiger partial charge on any atom is -0.440 e. The summed E-state index contributed by atoms with van der Waals surface area (Å²) in [6.45, 7) is 0. The van der Waals surface area contributed by atoms with Gasteiger partial charge in [-0.1, -0.05) is 65.8 Å². The van der Waals surface area contributed by atoms with Gasteiger partial charge < -0.3 is 4.42 Å². The number of halogens is 1. The number of aromatic nitrogens is 4. The Hall–Kier alpha value is -2.57. The van der Waals surface area contributed by atoms with Gasteiger partial charge in [0, 0.05) is 16.1 Å². The molecule has 0 aliphatic rings. The molecule has 0 saturated carbocycles. The molecule has 0 fully saturated rings. The van der Waals surface area contributed by atoms with Gasteiger partial charge in [0.1, 0.15) is 0 Å². The van der Waals surface area contributed by atoms with E-state index >= 15 is 0 Å². The van der Waals surface area contributed by atoms with Crippen LogP contribution in [0.3, 0.4) is 0 Å². The molecular weight excluding hydrogens is 356 g/mol. The van der Waals surface area contributed by atoms with Crippen molar-refractivity contribution < 1.29 is 4.42 Å². The quantitative estimate of drug-likeness (QED) is 0.498. The Bertz CT molecular complexity index is 983. The first-order valence-electron chi connectivity index (χ1n) is 7.59. The summed E-state index contributed by atoms with van der Waals surface area (Å²) in [4.78, 5) is 8.79. The zero-order valence-electron chi connectivity index (χ0n) is 13.0. The second-order valence-electron chi connectivity index (χ2n) is 5.25. The number of nitrogens with zero attached hydrogens (tertiary/aromatic N) is 3. The lowest BCUT2D eigenvalue weighted by Crippen LogP contribution is -1.81. The van der Waals surface area contributed by atoms with Crippen LogP contribution in [0.15, 0.2) is 70.4 Å². The normalized spacial score (nSPS) is 10.9. The van der Waals surface area contributed by atoms with Crippen molar-refractivity contribution in [1.29, 1.82) is 0 Å². The average Bonchev–Trinajstić information content (AvgIpc) is 3.30. The first-order chi connectivity index (χ1) is 12.3. The van der Waals surface area contributed by atoms with E-state index in [1.165, 1.54) is 11.8 Å². The predicted molar refractivity (Wildman–Crippen MR) is 98.3 cm³/mol. The van der Waals surface area contributed by atoms with Crippen molar-refractivity contribution in [3.63, 3.8) is 0 Å². The summed E-state index contributed by atoms with van der Waals surface area (Å²) in [6, 6.07) is 17.4. The van der Waals surface area contributed by atoms with Gasteiger partial charge in [-0.2, -0.15) is 0 Å². The van der Waals surface area contributed by atoms with Gasteiger partial charge in [0.25, 0.3) is 0 Å². The molecule has 1 N–H and O–H groups in total. The zero-order valence-corrected chi connectivity index (χ0v) is 14.6. The number of thioether (sulfide) groups is 1. The van der Waals surface area contributed by atoms with Crippen LogP contribution in [0.2, 0.25) is 5.02 Å². The van der Waals surface area contributed by atoms with Gasteiger partial charge in [0.2, 0.25) is 11.0 Å². The van der Waals surface area contributed by atoms with Crippen LogP contribution in [-0.2, 0) is 5.75 Å². The summed E-state index contributed by atoms with van der Waals surface area (Å²) in [5, 5.41) is 8.49. The second-order valence-corrected chi connectivity index (χ2v) is 6.63. The Labute approximate surface area is 153 Å². The van der Waals surface area contributed by atoms with Crippen molar-refractivity contribution in [2.45, 2.75) is 10.9 Å². The molecule has 2 aromatic heterocycles. The van der Waals surface area contributed by atoms with E-state index in [4.69, 9.17) is 16.0 Å². The summed E-state index contributed by atoms with van der Waals surface area (Å²) in [5.74, 6) is 2.60. The molecule has 0 radical (unpaired) electrons. The SMILES string of the molecule is Clc1cccc(-c2cnc(CSc3n[nH]c(-c4ccccc4)n3)o2)c1. The summed E-state index contributed by atoms with van der Waals surface area (Å²) in [5.41, 5.74) is 1.90. The van der Waals surface area contributed by atoms with Crippen LogP contribution >= 0.6 is 23.4 Å². The Morgan fingerprint density at radius 1 is 1.04 bits per heavy atom. The third kappa shape index (κ3) is 3.75. The molecule has 124 valence electrons. The van der Waals surface area contributed by atoms with E-state index in [1.54, 1.807) is 6.20 Å². The third-order valence-corrected chi connectivity index (χ3v) is 4.57. The van der Waals surface area contributed by atoms with Gasteiger partial charge in [-0.25, -0.2) is 9.97 Å². The number of benzene rings is 2. The maximum atomic E-state index is 6.01. The highest BCUT2D eigenvalue weighted by Gasteiger charge is 2.10. The molecule has 7 heteroatoms. The summed E-state index contributed by atoms with van der Waals surface area (Å²) < 4.78 is 5.78. The maximum absolute atomic E-state index is 6.01. The Morgan fingerprint density at radius 2 is 1.88 bits per heavy atom. The summed E-state index contributed by atoms with van der Waals surface area (Å²) in [6.07, 6.45) is 1.70. The molecule has 0 aliphatic carbocycles. The van der Waals surface area contributed by atoms with E-state index in [0.29, 0.717) is 27.6 Å². The van der Waals surface area contributed by atoms with E-state index in [0.717, 1.165) is 17.0 Å². The standard InChI is InChI=1S/C18H13ClN4OS/c19-14-8-4-7-13(9-14)15-10-20-16(24-15)11-25-18-21-17(22-23-18)12-5-2-1-3-6-12/h1-10H,11H2,(H,21,22,23). The van der Waals surface area contributed by atoms with Gasteiger partial charge in [0.15, 0.2) is 11.6 Å². The van der Waals surface area contributed by atoms with Crippen LogP contribution in [0.25, 0.3) is 22.7 Å². The van der Waals surface area contributed by atoms with Gasteiger partial charge >= 0.3 is 0 Å². The van der Waals surface area contributed by atoms with Crippen molar-refractivity contribution >= 4 is 23.4 Å². The molecule has 4 aromatic rings. The Kier molecular flexibility index (Phi) is 4.54. The lowest BCUT2D eigenvalue weighted by molar-refractivity contribution is 0.530. The molecule has 0 saturated heterocycles. The lowest BCUT2D eigenvalue weighted by atomic mass is 10.2. The highest BCUT2D eigenvalue weighted by atomic mass is 35.5. The zero-order chi connectivity index (χ0) is 17.1. The van der Waals surface area contributed by atoms with Crippen LogP contribution in [0.4, 0.5) is 0 Å². The predicted octanol–water partition coefficient (Wildman–Crippen LogP) is 5.07. The number of oxazole rings is 1. The molecule has 2 aromatic carbocycles. The van der Waals surface area contributed by atoms with E-state index in [2.05, 4.69) is 20.2 Å². The van der Waals surface area contributed by atoms with Gasteiger partial charge in [-0.15, -0.1) is 5.10 Å². The molecule has 0 amide bonds. The molecule has 0 aliphatic heterocycles. The monoisotopic (exact) mass is 368 g/mol. The first-order valence-corrected chi connectivity index (χ1v) is 8.95. The fourth-order valence-corrected chi connectivity index (χ4v) is 3.16. The smallest absolute Gasteiger partial charge is 0.209 e. The van der Waals surface area contributed by atoms with Crippen LogP contribution in [0.5, 0.6) is 0 Å². The molecule has 0 spiro atoms. The number of rotatable bonds is 5. The summed E-state index contributed by atoms with van der Waals surface area (Å²) in [7, 11) is 0. The number of aromatic amines is 1. The van der Waals surface area contributed by atoms with E-state index < -0.39 is 0 Å². The highest BCUT2D eigenvalue weighted by Crippen LogP contribution is 2.26. The Morgan fingerprint density at radius 3 is 2.72 bits per heavy atom. The van der Waals surface area contributed by atoms with E-state index in [9.17, 15) is 0 Å². The number of hydrogen-bond acceptors (Lipinski definition) is 5. The van der Waals surface area contributed by atoms with Crippen LogP contribution in [0.1, 0.15) is 5.89 Å². The summed E-state index contributed by atoms with van der Waals surface area (Å²) >= 11 is 7.47. The maximum Gasteiger partial charge on any atom is 0.209 e. The van der Waals surface area contributed by atoms with E-state index in [1.807, 2.05) is 54.6 Å². The minimum absolute atomic E-state index is 0.548. The van der Waals surface area contributed by atoms with Crippen molar-refractivity contribution in [2.75, 3.05) is 0 Å². The molecular formula is C18H13ClN4OS. The second kappa shape index (κ2) is 7.13. The molecule has 2 heterocycles. The van der Waals surface area contributed by atoms with Crippen molar-refractivity contribution in [1.82, 2.24) is 20.2 Å². The van der Waals surface area contributed by atoms with Gasteiger partial charge in [0.05, 0.1) is 11.9 Å². The molecule has 0 unspecified atom stereocenters. The number of hydrogen-bond donors (Lipinski definition) is 1. The van der Waals surface area contributed by atoms with Crippen LogP contribution in [-0.4, -0.2) is 20.2 Å². The lowest BCUT2D eigenvalue weighted by Gasteiger charge is -1.96. The minimum atomic E-state index is 0.548. The topological polar surface area (TPSA) is 67.6 Å². The largest absolute Gasteiger partial charge is 0.440 e. The van der Waals surface area contributed by atoms with Crippen LogP contribution in [0, 0.1) is 0 Å².